The Morgan fingerprint density at radius 1 is 1.17 bits per heavy atom. The number of carbonyl (C=O) groups excluding carboxylic acids is 1. The monoisotopic (exact) mass is 249 g/mol. The van der Waals surface area contributed by atoms with Crippen molar-refractivity contribution in [1.29, 1.82) is 0 Å². The Hall–Kier alpha value is -1.84. The molecule has 0 heterocycles. The third-order valence-corrected chi connectivity index (χ3v) is 2.83. The van der Waals surface area contributed by atoms with Gasteiger partial charge in [-0.25, -0.2) is 0 Å². The molecule has 98 valence electrons. The number of carboxylic acids is 1. The largest absolute Gasteiger partial charge is 0.481 e. The predicted molar refractivity (Wildman–Crippen MR) is 69.7 cm³/mol. The zero-order chi connectivity index (χ0) is 13.7. The van der Waals surface area contributed by atoms with Gasteiger partial charge in [-0.2, -0.15) is 0 Å². The van der Waals surface area contributed by atoms with Gasteiger partial charge in [-0.05, 0) is 23.6 Å². The summed E-state index contributed by atoms with van der Waals surface area (Å²) in [5.41, 5.74) is 1.72. The van der Waals surface area contributed by atoms with Crippen LogP contribution in [-0.2, 0) is 4.79 Å². The van der Waals surface area contributed by atoms with Crippen molar-refractivity contribution in [2.24, 2.45) is 5.92 Å². The van der Waals surface area contributed by atoms with E-state index in [1.165, 1.54) is 5.56 Å². The maximum atomic E-state index is 11.7. The first-order valence-corrected chi connectivity index (χ1v) is 6.02. The third-order valence-electron chi connectivity index (χ3n) is 2.83. The number of amides is 1. The summed E-state index contributed by atoms with van der Waals surface area (Å²) in [5.74, 6) is -1.30. The first-order chi connectivity index (χ1) is 8.41. The molecule has 0 radical (unpaired) electrons. The molecule has 0 saturated heterocycles. The van der Waals surface area contributed by atoms with E-state index in [0.29, 0.717) is 11.5 Å². The second kappa shape index (κ2) is 6.19. The minimum absolute atomic E-state index is 0.139. The van der Waals surface area contributed by atoms with Crippen molar-refractivity contribution in [2.45, 2.75) is 26.7 Å². The van der Waals surface area contributed by atoms with Crippen LogP contribution < -0.4 is 5.32 Å². The number of hydrogen-bond acceptors (Lipinski definition) is 2. The number of benzene rings is 1. The molecule has 4 nitrogen and oxygen atoms in total. The Labute approximate surface area is 107 Å². The van der Waals surface area contributed by atoms with Gasteiger partial charge in [-0.3, -0.25) is 9.59 Å². The minimum Gasteiger partial charge on any atom is -0.481 e. The zero-order valence-electron chi connectivity index (χ0n) is 10.9. The molecular formula is C14H19NO3. The van der Waals surface area contributed by atoms with Crippen LogP contribution in [0.4, 0.5) is 0 Å². The Kier molecular flexibility index (Phi) is 4.89. The second-order valence-corrected chi connectivity index (χ2v) is 4.73. The molecule has 0 bridgehead atoms. The fourth-order valence-corrected chi connectivity index (χ4v) is 1.45. The summed E-state index contributed by atoms with van der Waals surface area (Å²) in [5, 5.41) is 11.3. The number of rotatable bonds is 5. The standard InChI is InChI=1S/C14H19NO3/c1-9(2)11-4-6-12(7-5-11)13(16)15-8-10(3)14(17)18/h4-7,9-10H,8H2,1-3H3,(H,15,16)(H,17,18). The van der Waals surface area contributed by atoms with E-state index >= 15 is 0 Å². The quantitative estimate of drug-likeness (QED) is 0.841. The summed E-state index contributed by atoms with van der Waals surface area (Å²) in [6, 6.07) is 7.35. The second-order valence-electron chi connectivity index (χ2n) is 4.73. The van der Waals surface area contributed by atoms with E-state index in [2.05, 4.69) is 19.2 Å². The average molecular weight is 249 g/mol. The van der Waals surface area contributed by atoms with Crippen molar-refractivity contribution in [3.8, 4) is 0 Å². The van der Waals surface area contributed by atoms with Crippen LogP contribution in [0.3, 0.4) is 0 Å². The number of carboxylic acid groups (broad SMARTS) is 1. The van der Waals surface area contributed by atoms with Crippen LogP contribution in [0.1, 0.15) is 42.6 Å². The van der Waals surface area contributed by atoms with E-state index in [0.717, 1.165) is 0 Å². The van der Waals surface area contributed by atoms with Crippen LogP contribution >= 0.6 is 0 Å². The summed E-state index contributed by atoms with van der Waals surface area (Å²) in [6.07, 6.45) is 0. The summed E-state index contributed by atoms with van der Waals surface area (Å²) >= 11 is 0. The van der Waals surface area contributed by atoms with Gasteiger partial charge in [0.05, 0.1) is 5.92 Å². The summed E-state index contributed by atoms with van der Waals surface area (Å²) in [4.78, 5) is 22.4. The Morgan fingerprint density at radius 2 is 1.72 bits per heavy atom. The lowest BCUT2D eigenvalue weighted by Gasteiger charge is -2.09. The van der Waals surface area contributed by atoms with Crippen molar-refractivity contribution in [3.63, 3.8) is 0 Å². The Morgan fingerprint density at radius 3 is 2.17 bits per heavy atom. The molecule has 18 heavy (non-hydrogen) atoms. The topological polar surface area (TPSA) is 66.4 Å². The number of carbonyl (C=O) groups is 2. The van der Waals surface area contributed by atoms with E-state index in [9.17, 15) is 9.59 Å². The van der Waals surface area contributed by atoms with Crippen LogP contribution in [0, 0.1) is 5.92 Å². The van der Waals surface area contributed by atoms with E-state index in [1.54, 1.807) is 19.1 Å². The number of aliphatic carboxylic acids is 1. The molecule has 1 aromatic rings. The fraction of sp³-hybridized carbons (Fsp3) is 0.429. The van der Waals surface area contributed by atoms with Crippen molar-refractivity contribution in [3.05, 3.63) is 35.4 Å². The molecule has 1 rings (SSSR count). The lowest BCUT2D eigenvalue weighted by molar-refractivity contribution is -0.140. The first kappa shape index (κ1) is 14.2. The highest BCUT2D eigenvalue weighted by atomic mass is 16.4. The first-order valence-electron chi connectivity index (χ1n) is 6.02. The molecule has 1 aromatic carbocycles. The van der Waals surface area contributed by atoms with Gasteiger partial charge in [0.25, 0.3) is 5.91 Å². The lowest BCUT2D eigenvalue weighted by Crippen LogP contribution is -2.31. The maximum Gasteiger partial charge on any atom is 0.308 e. The molecule has 1 amide bonds. The molecule has 0 saturated carbocycles. The van der Waals surface area contributed by atoms with Crippen LogP contribution in [0.2, 0.25) is 0 Å². The van der Waals surface area contributed by atoms with Gasteiger partial charge in [0.15, 0.2) is 0 Å². The van der Waals surface area contributed by atoms with Gasteiger partial charge in [-0.1, -0.05) is 32.9 Å². The van der Waals surface area contributed by atoms with Gasteiger partial charge < -0.3 is 10.4 Å². The van der Waals surface area contributed by atoms with Crippen molar-refractivity contribution in [1.82, 2.24) is 5.32 Å². The lowest BCUT2D eigenvalue weighted by atomic mass is 10.0. The summed E-state index contributed by atoms with van der Waals surface area (Å²) in [7, 11) is 0. The normalized spacial score (nSPS) is 12.2. The molecule has 0 aliphatic carbocycles. The molecule has 1 atom stereocenters. The Bertz CT molecular complexity index is 423. The molecule has 1 unspecified atom stereocenters. The minimum atomic E-state index is -0.912. The maximum absolute atomic E-state index is 11.7. The predicted octanol–water partition coefficient (Wildman–Crippen LogP) is 2.26. The van der Waals surface area contributed by atoms with Crippen LogP contribution in [0.5, 0.6) is 0 Å². The SMILES string of the molecule is CC(CNC(=O)c1ccc(C(C)C)cc1)C(=O)O. The molecule has 0 fully saturated rings. The highest BCUT2D eigenvalue weighted by Gasteiger charge is 2.13. The zero-order valence-corrected chi connectivity index (χ0v) is 10.9. The Balaban J connectivity index is 2.59. The highest BCUT2D eigenvalue weighted by Crippen LogP contribution is 2.14. The fourth-order valence-electron chi connectivity index (χ4n) is 1.45. The van der Waals surface area contributed by atoms with Gasteiger partial charge in [0, 0.05) is 12.1 Å². The smallest absolute Gasteiger partial charge is 0.308 e. The molecule has 2 N–H and O–H groups in total. The van der Waals surface area contributed by atoms with Gasteiger partial charge >= 0.3 is 5.97 Å². The summed E-state index contributed by atoms with van der Waals surface area (Å²) < 4.78 is 0. The van der Waals surface area contributed by atoms with Crippen molar-refractivity contribution >= 4 is 11.9 Å². The van der Waals surface area contributed by atoms with E-state index in [1.807, 2.05) is 12.1 Å². The molecule has 0 spiro atoms. The molecule has 0 aliphatic heterocycles. The molecule has 4 heteroatoms. The van der Waals surface area contributed by atoms with E-state index in [4.69, 9.17) is 5.11 Å². The highest BCUT2D eigenvalue weighted by molar-refractivity contribution is 5.94. The van der Waals surface area contributed by atoms with Gasteiger partial charge in [0.1, 0.15) is 0 Å². The van der Waals surface area contributed by atoms with Crippen LogP contribution in [0.15, 0.2) is 24.3 Å². The molecule has 0 aliphatic rings. The average Bonchev–Trinajstić information content (AvgIpc) is 2.35. The molecule has 0 aromatic heterocycles. The van der Waals surface area contributed by atoms with Crippen LogP contribution in [0.25, 0.3) is 0 Å². The number of nitrogens with one attached hydrogen (secondary N) is 1. The van der Waals surface area contributed by atoms with Gasteiger partial charge in [-0.15, -0.1) is 0 Å². The summed E-state index contributed by atoms with van der Waals surface area (Å²) in [6.45, 7) is 5.87. The van der Waals surface area contributed by atoms with Crippen molar-refractivity contribution in [2.75, 3.05) is 6.54 Å². The molecular weight excluding hydrogens is 230 g/mol. The van der Waals surface area contributed by atoms with Gasteiger partial charge in [0.2, 0.25) is 0 Å². The van der Waals surface area contributed by atoms with E-state index in [-0.39, 0.29) is 12.5 Å². The van der Waals surface area contributed by atoms with Crippen LogP contribution in [-0.4, -0.2) is 23.5 Å². The number of hydrogen-bond donors (Lipinski definition) is 2. The third kappa shape index (κ3) is 3.87. The van der Waals surface area contributed by atoms with E-state index < -0.39 is 11.9 Å². The van der Waals surface area contributed by atoms with Crippen molar-refractivity contribution < 1.29 is 14.7 Å².